The molecule has 1 aliphatic carbocycles. The Labute approximate surface area is 304 Å². The highest BCUT2D eigenvalue weighted by atomic mass is 32.2. The van der Waals surface area contributed by atoms with E-state index in [-0.39, 0.29) is 17.7 Å². The topological polar surface area (TPSA) is 360 Å². The fourth-order valence-corrected chi connectivity index (χ4v) is 7.12. The Morgan fingerprint density at radius 3 is 1.87 bits per heavy atom. The molecule has 0 radical (unpaired) electrons. The van der Waals surface area contributed by atoms with Crippen molar-refractivity contribution >= 4 is 10.0 Å². The molecule has 3 aliphatic heterocycles. The highest BCUT2D eigenvalue weighted by molar-refractivity contribution is 7.89. The van der Waals surface area contributed by atoms with Crippen LogP contribution in [0.3, 0.4) is 0 Å². The predicted octanol–water partition coefficient (Wildman–Crippen LogP) is -6.93. The summed E-state index contributed by atoms with van der Waals surface area (Å²) in [4.78, 5) is 0. The summed E-state index contributed by atoms with van der Waals surface area (Å²) in [7, 11) is -3.77. The fraction of sp³-hybridized carbons (Fsp3) is 0.933. The number of hydrogen-bond acceptors (Lipinski definition) is 21. The molecule has 53 heavy (non-hydrogen) atoms. The lowest BCUT2D eigenvalue weighted by Crippen LogP contribution is -2.68. The Morgan fingerprint density at radius 1 is 0.755 bits per heavy atom. The molecule has 4 aliphatic rings. The smallest absolute Gasteiger partial charge is 0.269 e. The molecule has 8 unspecified atom stereocenters. The number of sulfonamides is 1. The van der Waals surface area contributed by atoms with Gasteiger partial charge in [-0.25, -0.2) is 8.42 Å². The second-order valence-electron chi connectivity index (χ2n) is 13.7. The maximum absolute atomic E-state index is 11.7. The molecule has 0 spiro atoms. The monoisotopic (exact) mass is 791 g/mol. The molecule has 20 atom stereocenters. The SMILES string of the molecule is CCS(=O)(=O)N=NC(C)CC1OC(CO)[C@@H](OC2OC(CO)[C@@H](OC3OC(C)[C@@H](NC4C=C(CO)[C@@H](O)[C@H](O)[C@H]4O)[C@H](O)[C@H]3O)[C@H](O)[C@H]2O)[C@H](O)[C@H]1O. The molecular weight excluding hydrogens is 738 g/mol. The largest absolute Gasteiger partial charge is 0.394 e. The average Bonchev–Trinajstić information content (AvgIpc) is 3.13. The maximum Gasteiger partial charge on any atom is 0.269 e. The first-order valence-electron chi connectivity index (χ1n) is 17.2. The molecule has 0 aromatic rings. The Bertz CT molecular complexity index is 1340. The molecule has 3 saturated heterocycles. The van der Waals surface area contributed by atoms with E-state index in [1.54, 1.807) is 0 Å². The van der Waals surface area contributed by atoms with Crippen molar-refractivity contribution < 1.29 is 93.4 Å². The van der Waals surface area contributed by atoms with Crippen molar-refractivity contribution in [3.8, 4) is 0 Å². The molecular formula is C30H53N3O19S. The molecule has 0 aromatic heterocycles. The number of aliphatic hydroxyl groups excluding tert-OH is 12. The molecule has 3 heterocycles. The van der Waals surface area contributed by atoms with E-state index in [0.717, 1.165) is 0 Å². The van der Waals surface area contributed by atoms with Crippen LogP contribution in [0.15, 0.2) is 21.3 Å². The number of rotatable bonds is 14. The minimum Gasteiger partial charge on any atom is -0.394 e. The van der Waals surface area contributed by atoms with Gasteiger partial charge in [-0.05, 0) is 26.3 Å². The lowest BCUT2D eigenvalue weighted by molar-refractivity contribution is -0.368. The van der Waals surface area contributed by atoms with Crippen molar-refractivity contribution in [3.63, 3.8) is 0 Å². The van der Waals surface area contributed by atoms with Crippen LogP contribution in [0.25, 0.3) is 0 Å². The predicted molar refractivity (Wildman–Crippen MR) is 174 cm³/mol. The first kappa shape index (κ1) is 44.3. The van der Waals surface area contributed by atoms with Gasteiger partial charge >= 0.3 is 0 Å². The van der Waals surface area contributed by atoms with Crippen molar-refractivity contribution in [2.45, 2.75) is 149 Å². The highest BCUT2D eigenvalue weighted by Crippen LogP contribution is 2.34. The van der Waals surface area contributed by atoms with Crippen molar-refractivity contribution in [1.29, 1.82) is 0 Å². The second kappa shape index (κ2) is 18.7. The molecule has 0 aromatic carbocycles. The third-order valence-corrected chi connectivity index (χ3v) is 11.0. The number of hydrogen-bond donors (Lipinski definition) is 13. The minimum absolute atomic E-state index is 0.0119. The molecule has 23 heteroatoms. The van der Waals surface area contributed by atoms with Gasteiger partial charge in [0.25, 0.3) is 10.0 Å². The third kappa shape index (κ3) is 9.94. The zero-order valence-electron chi connectivity index (χ0n) is 29.2. The van der Waals surface area contributed by atoms with Gasteiger partial charge in [0, 0.05) is 6.42 Å². The van der Waals surface area contributed by atoms with Crippen LogP contribution in [0.1, 0.15) is 27.2 Å². The van der Waals surface area contributed by atoms with Gasteiger partial charge in [0.2, 0.25) is 0 Å². The van der Waals surface area contributed by atoms with E-state index in [1.165, 1.54) is 26.8 Å². The zero-order chi connectivity index (χ0) is 39.5. The van der Waals surface area contributed by atoms with Gasteiger partial charge < -0.3 is 90.3 Å². The molecule has 3 fully saturated rings. The van der Waals surface area contributed by atoms with Crippen molar-refractivity contribution in [1.82, 2.24) is 5.32 Å². The Kier molecular flexibility index (Phi) is 15.6. The fourth-order valence-electron chi connectivity index (χ4n) is 6.70. The van der Waals surface area contributed by atoms with Gasteiger partial charge in [-0.2, -0.15) is 5.11 Å². The van der Waals surface area contributed by atoms with Crippen LogP contribution in [0.4, 0.5) is 0 Å². The van der Waals surface area contributed by atoms with Crippen LogP contribution in [-0.2, 0) is 33.7 Å². The molecule has 308 valence electrons. The number of nitrogens with zero attached hydrogens (tertiary/aromatic N) is 2. The van der Waals surface area contributed by atoms with E-state index >= 15 is 0 Å². The van der Waals surface area contributed by atoms with E-state index in [1.807, 2.05) is 0 Å². The summed E-state index contributed by atoms with van der Waals surface area (Å²) in [5.74, 6) is -0.278. The molecule has 0 amide bonds. The van der Waals surface area contributed by atoms with Crippen LogP contribution in [0.5, 0.6) is 0 Å². The first-order valence-corrected chi connectivity index (χ1v) is 18.8. The molecule has 4 rings (SSSR count). The van der Waals surface area contributed by atoms with E-state index in [4.69, 9.17) is 23.7 Å². The van der Waals surface area contributed by atoms with Crippen LogP contribution in [-0.4, -0.2) is 218 Å². The van der Waals surface area contributed by atoms with Crippen LogP contribution >= 0.6 is 0 Å². The van der Waals surface area contributed by atoms with Gasteiger partial charge in [0.1, 0.15) is 79.4 Å². The lowest BCUT2D eigenvalue weighted by atomic mass is 9.86. The standard InChI is InChI=1S/C30H53N3O19S/c1-4-53(46,47)33-32-10(2)5-14-20(39)23(42)27(15(8-35)49-14)52-30-26(45)24(43)28(16(9-36)50-30)51-29-25(44)21(40)17(11(3)48-29)31-13-6-12(7-34)18(37)22(41)19(13)38/h6,10-11,13-31,34-45H,4-5,7-9H2,1-3H3/t10?,11?,13?,14?,15?,16?,17-,18-,19+,20+,21+,22+,23-,24-,25-,26-,27-,28-,29?,30?/m1/s1. The van der Waals surface area contributed by atoms with Gasteiger partial charge in [-0.1, -0.05) is 10.6 Å². The number of ether oxygens (including phenoxy) is 5. The van der Waals surface area contributed by atoms with Gasteiger partial charge in [-0.15, -0.1) is 0 Å². The van der Waals surface area contributed by atoms with E-state index in [2.05, 4.69) is 15.0 Å². The number of nitrogens with one attached hydrogen (secondary N) is 1. The van der Waals surface area contributed by atoms with Crippen molar-refractivity contribution in [2.24, 2.45) is 9.63 Å². The van der Waals surface area contributed by atoms with Crippen molar-refractivity contribution in [3.05, 3.63) is 11.6 Å². The summed E-state index contributed by atoms with van der Waals surface area (Å²) in [6, 6.07) is -3.00. The molecule has 13 N–H and O–H groups in total. The molecule has 0 saturated carbocycles. The third-order valence-electron chi connectivity index (χ3n) is 9.91. The van der Waals surface area contributed by atoms with E-state index in [0.29, 0.717) is 0 Å². The van der Waals surface area contributed by atoms with E-state index < -0.39 is 152 Å². The summed E-state index contributed by atoms with van der Waals surface area (Å²) in [5, 5.41) is 133. The van der Waals surface area contributed by atoms with Crippen LogP contribution in [0, 0.1) is 0 Å². The first-order chi connectivity index (χ1) is 24.9. The summed E-state index contributed by atoms with van der Waals surface area (Å²) in [6.07, 6.45) is -26.1. The number of aliphatic hydroxyl groups is 12. The zero-order valence-corrected chi connectivity index (χ0v) is 30.0. The quantitative estimate of drug-likeness (QED) is 0.0574. The lowest BCUT2D eigenvalue weighted by Gasteiger charge is -2.49. The maximum atomic E-state index is 11.7. The Balaban J connectivity index is 1.40. The normalized spacial score (nSPS) is 46.3. The van der Waals surface area contributed by atoms with Gasteiger partial charge in [-0.3, -0.25) is 0 Å². The Morgan fingerprint density at radius 2 is 1.30 bits per heavy atom. The summed E-state index contributed by atoms with van der Waals surface area (Å²) in [5.41, 5.74) is 0.0119. The van der Waals surface area contributed by atoms with Crippen LogP contribution in [0.2, 0.25) is 0 Å². The van der Waals surface area contributed by atoms with E-state index in [9.17, 15) is 69.7 Å². The summed E-state index contributed by atoms with van der Waals surface area (Å²) in [6.45, 7) is 2.10. The average molecular weight is 792 g/mol. The summed E-state index contributed by atoms with van der Waals surface area (Å²) >= 11 is 0. The second-order valence-corrected chi connectivity index (χ2v) is 15.6. The van der Waals surface area contributed by atoms with Gasteiger partial charge in [0.05, 0.1) is 55.9 Å². The Hall–Kier alpha value is -1.43. The minimum atomic E-state index is -3.77. The van der Waals surface area contributed by atoms with Crippen molar-refractivity contribution in [2.75, 3.05) is 25.6 Å². The van der Waals surface area contributed by atoms with Gasteiger partial charge in [0.15, 0.2) is 12.6 Å². The molecule has 22 nitrogen and oxygen atoms in total. The molecule has 0 bridgehead atoms. The van der Waals surface area contributed by atoms with Crippen LogP contribution < -0.4 is 5.32 Å². The summed E-state index contributed by atoms with van der Waals surface area (Å²) < 4.78 is 55.1. The highest BCUT2D eigenvalue weighted by Gasteiger charge is 2.53.